The first-order valence-electron chi connectivity index (χ1n) is 9.17. The van der Waals surface area contributed by atoms with Crippen molar-refractivity contribution in [2.24, 2.45) is 11.8 Å². The highest BCUT2D eigenvalue weighted by atomic mass is 32.2. The second-order valence-corrected chi connectivity index (χ2v) is 9.48. The van der Waals surface area contributed by atoms with Crippen LogP contribution in [-0.4, -0.2) is 43.8 Å². The summed E-state index contributed by atoms with van der Waals surface area (Å²) in [4.78, 5) is 2.52. The van der Waals surface area contributed by atoms with E-state index in [9.17, 15) is 21.6 Å². The van der Waals surface area contributed by atoms with E-state index in [0.29, 0.717) is 24.5 Å². The Balaban J connectivity index is 1.37. The van der Waals surface area contributed by atoms with Crippen LogP contribution in [0, 0.1) is 11.8 Å². The average molecular weight is 410 g/mol. The lowest BCUT2D eigenvalue weighted by molar-refractivity contribution is -0.137. The number of benzene rings is 2. The Morgan fingerprint density at radius 1 is 0.857 bits per heavy atom. The smallest absolute Gasteiger partial charge is 0.298 e. The summed E-state index contributed by atoms with van der Waals surface area (Å²) in [6, 6.07) is 13.7. The van der Waals surface area contributed by atoms with Crippen LogP contribution >= 0.6 is 0 Å². The number of alkyl halides is 3. The molecule has 2 atom stereocenters. The van der Waals surface area contributed by atoms with Gasteiger partial charge in [-0.3, -0.25) is 4.90 Å². The third-order valence-corrected chi connectivity index (χ3v) is 7.44. The molecular weight excluding hydrogens is 389 g/mol. The zero-order chi connectivity index (χ0) is 19.9. The van der Waals surface area contributed by atoms with Gasteiger partial charge in [-0.25, -0.2) is 8.42 Å². The second kappa shape index (κ2) is 7.17. The largest absolute Gasteiger partial charge is 0.416 e. The third-order valence-electron chi connectivity index (χ3n) is 5.60. The van der Waals surface area contributed by atoms with E-state index in [0.717, 1.165) is 30.8 Å². The fraction of sp³-hybridized carbons (Fsp3) is 0.400. The zero-order valence-corrected chi connectivity index (χ0v) is 16.0. The Hall–Kier alpha value is -1.90. The SMILES string of the molecule is O=S(=O)(c1ccccc1)N1C[C@H]2CN(Cc3ccc(C(F)(F)F)cc3)C[C@H]2C1. The molecule has 0 bridgehead atoms. The molecule has 2 aromatic rings. The number of nitrogens with zero attached hydrogens (tertiary/aromatic N) is 2. The topological polar surface area (TPSA) is 40.6 Å². The average Bonchev–Trinajstić information content (AvgIpc) is 3.21. The van der Waals surface area contributed by atoms with Crippen molar-refractivity contribution >= 4 is 10.0 Å². The van der Waals surface area contributed by atoms with Gasteiger partial charge >= 0.3 is 6.18 Å². The molecule has 8 heteroatoms. The highest BCUT2D eigenvalue weighted by Gasteiger charge is 2.44. The van der Waals surface area contributed by atoms with Gasteiger partial charge in [0.1, 0.15) is 0 Å². The highest BCUT2D eigenvalue weighted by molar-refractivity contribution is 7.89. The maximum atomic E-state index is 12.8. The monoisotopic (exact) mass is 410 g/mol. The number of halogens is 3. The molecule has 150 valence electrons. The van der Waals surface area contributed by atoms with Crippen LogP contribution in [0.2, 0.25) is 0 Å². The summed E-state index contributed by atoms with van der Waals surface area (Å²) in [5, 5.41) is 0. The first kappa shape index (κ1) is 19.4. The van der Waals surface area contributed by atoms with Crippen LogP contribution in [0.4, 0.5) is 13.2 Å². The van der Waals surface area contributed by atoms with Crippen LogP contribution in [-0.2, 0) is 22.7 Å². The Morgan fingerprint density at radius 2 is 1.43 bits per heavy atom. The quantitative estimate of drug-likeness (QED) is 0.775. The summed E-state index contributed by atoms with van der Waals surface area (Å²) in [5.41, 5.74) is 0.193. The Bertz CT molecular complexity index is 916. The normalized spacial score (nSPS) is 23.8. The van der Waals surface area contributed by atoms with Gasteiger partial charge in [0.15, 0.2) is 0 Å². The molecule has 4 rings (SSSR count). The minimum atomic E-state index is -4.32. The number of fused-ring (bicyclic) bond motifs is 1. The molecule has 0 aromatic heterocycles. The first-order chi connectivity index (χ1) is 13.2. The van der Waals surface area contributed by atoms with Crippen molar-refractivity contribution in [1.29, 1.82) is 0 Å². The summed E-state index contributed by atoms with van der Waals surface area (Å²) >= 11 is 0. The summed E-state index contributed by atoms with van der Waals surface area (Å²) in [6.07, 6.45) is -4.32. The van der Waals surface area contributed by atoms with Crippen LogP contribution < -0.4 is 0 Å². The summed E-state index contributed by atoms with van der Waals surface area (Å²) in [5.74, 6) is 0.515. The van der Waals surface area contributed by atoms with Gasteiger partial charge in [-0.2, -0.15) is 17.5 Å². The van der Waals surface area contributed by atoms with Crippen molar-refractivity contribution in [2.75, 3.05) is 26.2 Å². The van der Waals surface area contributed by atoms with Gasteiger partial charge in [-0.15, -0.1) is 0 Å². The Labute approximate surface area is 162 Å². The van der Waals surface area contributed by atoms with Gasteiger partial charge in [0.2, 0.25) is 10.0 Å². The van der Waals surface area contributed by atoms with E-state index < -0.39 is 21.8 Å². The Kier molecular flexibility index (Phi) is 4.97. The first-order valence-corrected chi connectivity index (χ1v) is 10.6. The predicted molar refractivity (Wildman–Crippen MR) is 98.9 cm³/mol. The van der Waals surface area contributed by atoms with Crippen molar-refractivity contribution in [3.05, 3.63) is 65.7 Å². The Morgan fingerprint density at radius 3 is 1.96 bits per heavy atom. The van der Waals surface area contributed by atoms with Crippen molar-refractivity contribution in [3.8, 4) is 0 Å². The van der Waals surface area contributed by atoms with E-state index in [-0.39, 0.29) is 11.8 Å². The molecule has 2 aromatic carbocycles. The van der Waals surface area contributed by atoms with Crippen molar-refractivity contribution in [2.45, 2.75) is 17.6 Å². The molecule has 2 aliphatic rings. The fourth-order valence-corrected chi connectivity index (χ4v) is 5.75. The minimum absolute atomic E-state index is 0.257. The molecule has 2 heterocycles. The van der Waals surface area contributed by atoms with Gasteiger partial charge in [-0.05, 0) is 41.7 Å². The highest BCUT2D eigenvalue weighted by Crippen LogP contribution is 2.35. The van der Waals surface area contributed by atoms with Gasteiger partial charge in [-0.1, -0.05) is 30.3 Å². The van der Waals surface area contributed by atoms with Crippen molar-refractivity contribution < 1.29 is 21.6 Å². The lowest BCUT2D eigenvalue weighted by Gasteiger charge is -2.21. The van der Waals surface area contributed by atoms with E-state index >= 15 is 0 Å². The molecular formula is C20H21F3N2O2S. The second-order valence-electron chi connectivity index (χ2n) is 7.54. The molecule has 0 unspecified atom stereocenters. The van der Waals surface area contributed by atoms with Gasteiger partial charge in [0.05, 0.1) is 10.5 Å². The minimum Gasteiger partial charge on any atom is -0.298 e. The molecule has 4 nitrogen and oxygen atoms in total. The summed E-state index contributed by atoms with van der Waals surface area (Å²) in [7, 11) is -3.47. The number of hydrogen-bond acceptors (Lipinski definition) is 3. The molecule has 28 heavy (non-hydrogen) atoms. The van der Waals surface area contributed by atoms with E-state index in [2.05, 4.69) is 4.90 Å². The molecule has 0 N–H and O–H groups in total. The number of likely N-dealkylation sites (tertiary alicyclic amines) is 1. The molecule has 2 saturated heterocycles. The van der Waals surface area contributed by atoms with Gasteiger partial charge < -0.3 is 0 Å². The van der Waals surface area contributed by atoms with Crippen LogP contribution in [0.5, 0.6) is 0 Å². The molecule has 0 radical (unpaired) electrons. The van der Waals surface area contributed by atoms with Crippen molar-refractivity contribution in [3.63, 3.8) is 0 Å². The summed E-state index contributed by atoms with van der Waals surface area (Å²) in [6.45, 7) is 3.08. The van der Waals surface area contributed by atoms with E-state index in [1.165, 1.54) is 12.1 Å². The number of hydrogen-bond donors (Lipinski definition) is 0. The third kappa shape index (κ3) is 3.81. The molecule has 0 aliphatic carbocycles. The van der Waals surface area contributed by atoms with E-state index in [1.807, 2.05) is 0 Å². The van der Waals surface area contributed by atoms with Crippen LogP contribution in [0.15, 0.2) is 59.5 Å². The fourth-order valence-electron chi connectivity index (χ4n) is 4.17. The van der Waals surface area contributed by atoms with Crippen LogP contribution in [0.3, 0.4) is 0 Å². The standard InChI is InChI=1S/C20H21F3N2O2S/c21-20(22,23)18-8-6-15(7-9-18)10-24-11-16-13-25(14-17(16)12-24)28(26,27)19-4-2-1-3-5-19/h1-9,16-17H,10-14H2/t16-,17+. The van der Waals surface area contributed by atoms with E-state index in [4.69, 9.17) is 0 Å². The molecule has 2 fully saturated rings. The van der Waals surface area contributed by atoms with Gasteiger partial charge in [0, 0.05) is 32.7 Å². The van der Waals surface area contributed by atoms with Crippen LogP contribution in [0.1, 0.15) is 11.1 Å². The molecule has 2 aliphatic heterocycles. The predicted octanol–water partition coefficient (Wildman–Crippen LogP) is 3.46. The molecule has 0 amide bonds. The number of rotatable bonds is 4. The van der Waals surface area contributed by atoms with Crippen LogP contribution in [0.25, 0.3) is 0 Å². The lowest BCUT2D eigenvalue weighted by Crippen LogP contribution is -2.33. The molecule has 0 saturated carbocycles. The molecule has 0 spiro atoms. The zero-order valence-electron chi connectivity index (χ0n) is 15.1. The summed E-state index contributed by atoms with van der Waals surface area (Å²) < 4.78 is 65.1. The maximum absolute atomic E-state index is 12.8. The van der Waals surface area contributed by atoms with Gasteiger partial charge in [0.25, 0.3) is 0 Å². The maximum Gasteiger partial charge on any atom is 0.416 e. The van der Waals surface area contributed by atoms with Crippen molar-refractivity contribution in [1.82, 2.24) is 9.21 Å². The lowest BCUT2D eigenvalue weighted by atomic mass is 10.0. The van der Waals surface area contributed by atoms with E-state index in [1.54, 1.807) is 34.6 Å². The number of sulfonamides is 1.